The number of para-hydroxylation sites is 1. The van der Waals surface area contributed by atoms with Crippen LogP contribution in [-0.2, 0) is 9.59 Å². The Morgan fingerprint density at radius 1 is 1.08 bits per heavy atom. The molecule has 1 aliphatic carbocycles. The monoisotopic (exact) mass is 372 g/mol. The van der Waals surface area contributed by atoms with E-state index >= 15 is 0 Å². The van der Waals surface area contributed by atoms with Gasteiger partial charge in [-0.25, -0.2) is 0 Å². The zero-order chi connectivity index (χ0) is 18.2. The maximum Gasteiger partial charge on any atom is 0.240 e. The van der Waals surface area contributed by atoms with E-state index in [1.165, 1.54) is 31.0 Å². The highest BCUT2D eigenvalue weighted by Crippen LogP contribution is 2.23. The number of rotatable bonds is 4. The molecule has 3 rings (SSSR count). The second-order valence-corrected chi connectivity index (χ2v) is 7.74. The summed E-state index contributed by atoms with van der Waals surface area (Å²) in [7, 11) is 0. The van der Waals surface area contributed by atoms with Crippen LogP contribution in [0.25, 0.3) is 0 Å². The van der Waals surface area contributed by atoms with E-state index in [1.807, 2.05) is 30.3 Å². The summed E-state index contributed by atoms with van der Waals surface area (Å²) < 4.78 is 0. The molecule has 0 aromatic heterocycles. The van der Waals surface area contributed by atoms with E-state index in [2.05, 4.69) is 20.8 Å². The van der Waals surface area contributed by atoms with E-state index in [0.717, 1.165) is 37.1 Å². The van der Waals surface area contributed by atoms with Crippen molar-refractivity contribution in [1.29, 1.82) is 0 Å². The van der Waals surface area contributed by atoms with Crippen molar-refractivity contribution in [3.63, 3.8) is 0 Å². The van der Waals surface area contributed by atoms with Gasteiger partial charge in [-0.05, 0) is 37.8 Å². The minimum atomic E-state index is -0.463. The summed E-state index contributed by atoms with van der Waals surface area (Å²) in [6.07, 6.45) is 8.20. The molecule has 138 valence electrons. The van der Waals surface area contributed by atoms with Gasteiger partial charge in [0.1, 0.15) is 5.25 Å². The molecule has 7 heteroatoms. The second kappa shape index (κ2) is 9.52. The molecular weight excluding hydrogens is 348 g/mol. The predicted octanol–water partition coefficient (Wildman–Crippen LogP) is 3.70. The second-order valence-electron chi connectivity index (χ2n) is 6.55. The third-order valence-electron chi connectivity index (χ3n) is 4.42. The van der Waals surface area contributed by atoms with Gasteiger partial charge < -0.3 is 10.6 Å². The highest BCUT2D eigenvalue weighted by molar-refractivity contribution is 8.15. The Kier molecular flexibility index (Phi) is 6.82. The van der Waals surface area contributed by atoms with Gasteiger partial charge in [0.05, 0.1) is 0 Å². The molecule has 1 atom stereocenters. The summed E-state index contributed by atoms with van der Waals surface area (Å²) in [4.78, 5) is 24.2. The number of nitrogens with zero attached hydrogens (tertiary/aromatic N) is 2. The topological polar surface area (TPSA) is 82.9 Å². The highest BCUT2D eigenvalue weighted by Gasteiger charge is 2.32. The molecule has 1 aromatic rings. The first-order valence-corrected chi connectivity index (χ1v) is 10.0. The fraction of sp³-hybridized carbons (Fsp3) is 0.474. The molecular formula is C19H24N4O2S. The fourth-order valence-corrected chi connectivity index (χ4v) is 3.94. The number of carbonyl (C=O) groups excluding carboxylic acids is 2. The zero-order valence-corrected chi connectivity index (χ0v) is 15.6. The maximum absolute atomic E-state index is 12.1. The smallest absolute Gasteiger partial charge is 0.240 e. The van der Waals surface area contributed by atoms with Gasteiger partial charge >= 0.3 is 0 Å². The number of thioether (sulfide) groups is 1. The van der Waals surface area contributed by atoms with Crippen LogP contribution in [0.15, 0.2) is 40.5 Å². The minimum absolute atomic E-state index is 0.112. The summed E-state index contributed by atoms with van der Waals surface area (Å²) in [5.41, 5.74) is 1.84. The van der Waals surface area contributed by atoms with Gasteiger partial charge in [0.2, 0.25) is 11.8 Å². The van der Waals surface area contributed by atoms with Crippen LogP contribution in [0.4, 0.5) is 5.69 Å². The molecule has 2 N–H and O–H groups in total. The summed E-state index contributed by atoms with van der Waals surface area (Å²) in [5.74, 6) is -0.369. The lowest BCUT2D eigenvalue weighted by Gasteiger charge is -2.09. The van der Waals surface area contributed by atoms with Gasteiger partial charge in [0, 0.05) is 17.8 Å². The molecule has 2 aliphatic rings. The summed E-state index contributed by atoms with van der Waals surface area (Å²) in [6.45, 7) is 0. The number of benzene rings is 1. The molecule has 26 heavy (non-hydrogen) atoms. The SMILES string of the molecule is O=C(CC1S/C(=N\N=C2CCCCCCC2)NC1=O)Nc1ccccc1. The lowest BCUT2D eigenvalue weighted by Crippen LogP contribution is -2.28. The van der Waals surface area contributed by atoms with Crippen LogP contribution in [-0.4, -0.2) is 27.9 Å². The van der Waals surface area contributed by atoms with Crippen LogP contribution < -0.4 is 10.6 Å². The van der Waals surface area contributed by atoms with Crippen LogP contribution in [0.2, 0.25) is 0 Å². The third-order valence-corrected chi connectivity index (χ3v) is 5.49. The molecule has 1 unspecified atom stereocenters. The van der Waals surface area contributed by atoms with E-state index in [-0.39, 0.29) is 18.2 Å². The Hall–Kier alpha value is -2.15. The molecule has 1 heterocycles. The van der Waals surface area contributed by atoms with E-state index in [0.29, 0.717) is 5.17 Å². The average molecular weight is 372 g/mol. The number of carbonyl (C=O) groups is 2. The molecule has 1 saturated heterocycles. The van der Waals surface area contributed by atoms with Crippen molar-refractivity contribution < 1.29 is 9.59 Å². The number of anilines is 1. The van der Waals surface area contributed by atoms with Gasteiger partial charge in [0.15, 0.2) is 5.17 Å². The number of amides is 2. The maximum atomic E-state index is 12.1. The van der Waals surface area contributed by atoms with Gasteiger partial charge in [-0.1, -0.05) is 49.2 Å². The van der Waals surface area contributed by atoms with Crippen molar-refractivity contribution in [2.45, 2.75) is 56.6 Å². The lowest BCUT2D eigenvalue weighted by atomic mass is 9.99. The standard InChI is InChI=1S/C19H24N4O2S/c24-17(20-14-9-7-4-8-10-14)13-16-18(25)21-19(26-16)23-22-15-11-5-2-1-3-6-12-15/h4,7-10,16H,1-3,5-6,11-13H2,(H,20,24)(H,21,23,25). The average Bonchev–Trinajstić information content (AvgIpc) is 2.94. The van der Waals surface area contributed by atoms with E-state index in [4.69, 9.17) is 0 Å². The van der Waals surface area contributed by atoms with E-state index < -0.39 is 5.25 Å². The van der Waals surface area contributed by atoms with Gasteiger partial charge in [-0.15, -0.1) is 5.10 Å². The van der Waals surface area contributed by atoms with Crippen LogP contribution in [0.3, 0.4) is 0 Å². The van der Waals surface area contributed by atoms with Crippen LogP contribution in [0, 0.1) is 0 Å². The third kappa shape index (κ3) is 5.69. The lowest BCUT2D eigenvalue weighted by molar-refractivity contribution is -0.122. The number of hydrogen-bond acceptors (Lipinski definition) is 5. The Bertz CT molecular complexity index is 693. The van der Waals surface area contributed by atoms with Gasteiger partial charge in [0.25, 0.3) is 0 Å². The van der Waals surface area contributed by atoms with Crippen molar-refractivity contribution in [3.8, 4) is 0 Å². The van der Waals surface area contributed by atoms with Crippen molar-refractivity contribution in [2.75, 3.05) is 5.32 Å². The van der Waals surface area contributed by atoms with Gasteiger partial charge in [-0.3, -0.25) is 9.59 Å². The first kappa shape index (κ1) is 18.6. The number of hydrogen-bond donors (Lipinski definition) is 2. The summed E-state index contributed by atoms with van der Waals surface area (Å²) in [5, 5.41) is 14.1. The summed E-state index contributed by atoms with van der Waals surface area (Å²) in [6, 6.07) is 9.23. The Labute approximate surface area is 157 Å². The molecule has 2 amide bonds. The molecule has 1 aromatic carbocycles. The van der Waals surface area contributed by atoms with Crippen molar-refractivity contribution in [2.24, 2.45) is 10.2 Å². The molecule has 1 aliphatic heterocycles. The van der Waals surface area contributed by atoms with Crippen LogP contribution in [0.1, 0.15) is 51.4 Å². The van der Waals surface area contributed by atoms with E-state index in [9.17, 15) is 9.59 Å². The Morgan fingerprint density at radius 2 is 1.77 bits per heavy atom. The molecule has 1 saturated carbocycles. The van der Waals surface area contributed by atoms with Crippen LogP contribution in [0.5, 0.6) is 0 Å². The van der Waals surface area contributed by atoms with Crippen LogP contribution >= 0.6 is 11.8 Å². The molecule has 0 radical (unpaired) electrons. The van der Waals surface area contributed by atoms with E-state index in [1.54, 1.807) is 0 Å². The molecule has 0 bridgehead atoms. The van der Waals surface area contributed by atoms with Crippen molar-refractivity contribution >= 4 is 40.1 Å². The van der Waals surface area contributed by atoms with Gasteiger partial charge in [-0.2, -0.15) is 5.10 Å². The summed E-state index contributed by atoms with van der Waals surface area (Å²) >= 11 is 1.28. The molecule has 6 nitrogen and oxygen atoms in total. The number of amidine groups is 1. The molecule has 2 fully saturated rings. The quantitative estimate of drug-likeness (QED) is 0.791. The Balaban J connectivity index is 1.53. The predicted molar refractivity (Wildman–Crippen MR) is 106 cm³/mol. The largest absolute Gasteiger partial charge is 0.326 e. The molecule has 0 spiro atoms. The normalized spacial score (nSPS) is 22.5. The Morgan fingerprint density at radius 3 is 2.50 bits per heavy atom. The van der Waals surface area contributed by atoms with Crippen molar-refractivity contribution in [1.82, 2.24) is 5.32 Å². The highest BCUT2D eigenvalue weighted by atomic mass is 32.2. The fourth-order valence-electron chi connectivity index (χ4n) is 3.02. The first-order chi connectivity index (χ1) is 12.7. The zero-order valence-electron chi connectivity index (χ0n) is 14.7. The minimum Gasteiger partial charge on any atom is -0.326 e. The number of nitrogens with one attached hydrogen (secondary N) is 2. The first-order valence-electron chi connectivity index (χ1n) is 9.16. The van der Waals surface area contributed by atoms with Crippen molar-refractivity contribution in [3.05, 3.63) is 30.3 Å².